The lowest BCUT2D eigenvalue weighted by Gasteiger charge is -2.21. The van der Waals surface area contributed by atoms with Crippen molar-refractivity contribution in [2.45, 2.75) is 45.1 Å². The zero-order chi connectivity index (χ0) is 13.7. The van der Waals surface area contributed by atoms with Crippen molar-refractivity contribution in [3.63, 3.8) is 0 Å². The summed E-state index contributed by atoms with van der Waals surface area (Å²) in [6.45, 7) is 3.47. The molecule has 1 aromatic carbocycles. The number of rotatable bonds is 5. The van der Waals surface area contributed by atoms with E-state index in [1.807, 2.05) is 30.0 Å². The van der Waals surface area contributed by atoms with Crippen LogP contribution in [0.15, 0.2) is 24.3 Å². The van der Waals surface area contributed by atoms with E-state index in [1.165, 1.54) is 5.56 Å². The Morgan fingerprint density at radius 2 is 2.11 bits per heavy atom. The van der Waals surface area contributed by atoms with Gasteiger partial charge in [0, 0.05) is 18.7 Å². The first-order valence-corrected chi connectivity index (χ1v) is 7.23. The molecule has 1 aromatic rings. The predicted molar refractivity (Wildman–Crippen MR) is 76.2 cm³/mol. The van der Waals surface area contributed by atoms with Gasteiger partial charge in [0.15, 0.2) is 0 Å². The van der Waals surface area contributed by atoms with Crippen LogP contribution in [0.4, 0.5) is 0 Å². The predicted octanol–water partition coefficient (Wildman–Crippen LogP) is 2.63. The Bertz CT molecular complexity index is 429. The number of carbonyl (C=O) groups excluding carboxylic acids is 1. The molecular weight excluding hydrogens is 238 g/mol. The smallest absolute Gasteiger partial charge is 0.254 e. The van der Waals surface area contributed by atoms with Crippen LogP contribution in [0.2, 0.25) is 0 Å². The van der Waals surface area contributed by atoms with Crippen molar-refractivity contribution < 1.29 is 9.90 Å². The van der Waals surface area contributed by atoms with Crippen LogP contribution in [-0.4, -0.2) is 35.1 Å². The van der Waals surface area contributed by atoms with Gasteiger partial charge < -0.3 is 10.0 Å². The van der Waals surface area contributed by atoms with Crippen LogP contribution in [0.1, 0.15) is 48.5 Å². The molecule has 3 nitrogen and oxygen atoms in total. The van der Waals surface area contributed by atoms with E-state index in [0.29, 0.717) is 0 Å². The van der Waals surface area contributed by atoms with Gasteiger partial charge >= 0.3 is 0 Å². The van der Waals surface area contributed by atoms with Crippen molar-refractivity contribution in [2.75, 3.05) is 13.1 Å². The molecule has 0 aromatic heterocycles. The van der Waals surface area contributed by atoms with E-state index in [1.54, 1.807) is 0 Å². The minimum Gasteiger partial charge on any atom is -0.393 e. The van der Waals surface area contributed by atoms with E-state index in [2.05, 4.69) is 6.07 Å². The number of aliphatic hydroxyl groups is 1. The summed E-state index contributed by atoms with van der Waals surface area (Å²) in [5.41, 5.74) is 2.05. The van der Waals surface area contributed by atoms with Crippen molar-refractivity contribution in [2.24, 2.45) is 0 Å². The fourth-order valence-corrected chi connectivity index (χ4v) is 2.63. The molecule has 19 heavy (non-hydrogen) atoms. The first-order chi connectivity index (χ1) is 9.18. The molecule has 0 bridgehead atoms. The fourth-order valence-electron chi connectivity index (χ4n) is 2.63. The monoisotopic (exact) mass is 261 g/mol. The highest BCUT2D eigenvalue weighted by Crippen LogP contribution is 2.19. The average molecular weight is 261 g/mol. The second-order valence-electron chi connectivity index (χ2n) is 5.40. The quantitative estimate of drug-likeness (QED) is 0.828. The Balaban J connectivity index is 1.94. The summed E-state index contributed by atoms with van der Waals surface area (Å²) in [5, 5.41) is 9.24. The van der Waals surface area contributed by atoms with Crippen LogP contribution in [0.3, 0.4) is 0 Å². The fraction of sp³-hybridized carbons (Fsp3) is 0.562. The number of fused-ring (bicyclic) bond motifs is 1. The Labute approximate surface area is 115 Å². The number of hydrogen-bond acceptors (Lipinski definition) is 2. The average Bonchev–Trinajstić information content (AvgIpc) is 2.55. The van der Waals surface area contributed by atoms with Crippen LogP contribution in [0.5, 0.6) is 0 Å². The number of aliphatic hydroxyl groups excluding tert-OH is 1. The van der Waals surface area contributed by atoms with Crippen molar-refractivity contribution in [3.05, 3.63) is 35.4 Å². The van der Waals surface area contributed by atoms with Crippen molar-refractivity contribution in [1.29, 1.82) is 0 Å². The zero-order valence-corrected chi connectivity index (χ0v) is 11.6. The van der Waals surface area contributed by atoms with Crippen molar-refractivity contribution >= 4 is 5.91 Å². The van der Waals surface area contributed by atoms with Crippen LogP contribution in [0, 0.1) is 0 Å². The summed E-state index contributed by atoms with van der Waals surface area (Å²) >= 11 is 0. The van der Waals surface area contributed by atoms with Gasteiger partial charge in [0.1, 0.15) is 0 Å². The lowest BCUT2D eigenvalue weighted by Crippen LogP contribution is -2.32. The maximum Gasteiger partial charge on any atom is 0.254 e. The minimum atomic E-state index is -0.236. The standard InChI is InChI=1S/C16H23NO2/c1-13(18)7-4-5-11-17-12-6-9-14-8-2-3-10-15(14)16(17)19/h2-3,8,10,13,18H,4-7,9,11-12H2,1H3. The molecule has 0 aliphatic carbocycles. The zero-order valence-electron chi connectivity index (χ0n) is 11.6. The molecule has 0 radical (unpaired) electrons. The third kappa shape index (κ3) is 3.80. The molecule has 1 unspecified atom stereocenters. The summed E-state index contributed by atoms with van der Waals surface area (Å²) in [4.78, 5) is 14.4. The number of nitrogens with zero attached hydrogens (tertiary/aromatic N) is 1. The third-order valence-corrected chi connectivity index (χ3v) is 3.71. The van der Waals surface area contributed by atoms with E-state index in [4.69, 9.17) is 0 Å². The second-order valence-corrected chi connectivity index (χ2v) is 5.40. The summed E-state index contributed by atoms with van der Waals surface area (Å²) in [7, 11) is 0. The first-order valence-electron chi connectivity index (χ1n) is 7.23. The first kappa shape index (κ1) is 14.1. The number of amides is 1. The maximum absolute atomic E-state index is 12.4. The summed E-state index contributed by atoms with van der Waals surface area (Å²) in [6, 6.07) is 7.94. The van der Waals surface area contributed by atoms with Gasteiger partial charge in [-0.15, -0.1) is 0 Å². The SMILES string of the molecule is CC(O)CCCCN1CCCc2ccccc2C1=O. The van der Waals surface area contributed by atoms with E-state index in [9.17, 15) is 9.90 Å². The Morgan fingerprint density at radius 1 is 1.32 bits per heavy atom. The summed E-state index contributed by atoms with van der Waals surface area (Å²) < 4.78 is 0. The van der Waals surface area contributed by atoms with Crippen molar-refractivity contribution in [3.8, 4) is 0 Å². The number of unbranched alkanes of at least 4 members (excludes halogenated alkanes) is 1. The highest BCUT2D eigenvalue weighted by Gasteiger charge is 2.21. The van der Waals surface area contributed by atoms with Gasteiger partial charge in [0.25, 0.3) is 5.91 Å². The second kappa shape index (κ2) is 6.71. The molecule has 1 aliphatic heterocycles. The number of carbonyl (C=O) groups is 1. The van der Waals surface area contributed by atoms with E-state index >= 15 is 0 Å². The molecule has 1 amide bonds. The Hall–Kier alpha value is -1.35. The molecular formula is C16H23NO2. The molecule has 1 atom stereocenters. The van der Waals surface area contributed by atoms with Crippen LogP contribution >= 0.6 is 0 Å². The molecule has 2 rings (SSSR count). The molecule has 3 heteroatoms. The van der Waals surface area contributed by atoms with Gasteiger partial charge in [0.05, 0.1) is 6.10 Å². The highest BCUT2D eigenvalue weighted by molar-refractivity contribution is 5.96. The topological polar surface area (TPSA) is 40.5 Å². The molecule has 0 saturated heterocycles. The van der Waals surface area contributed by atoms with Gasteiger partial charge in [-0.1, -0.05) is 18.2 Å². The largest absolute Gasteiger partial charge is 0.393 e. The molecule has 0 fully saturated rings. The Kier molecular flexibility index (Phi) is 4.97. The van der Waals surface area contributed by atoms with E-state index in [0.717, 1.165) is 50.8 Å². The number of hydrogen-bond donors (Lipinski definition) is 1. The van der Waals surface area contributed by atoms with E-state index in [-0.39, 0.29) is 12.0 Å². The summed E-state index contributed by atoms with van der Waals surface area (Å²) in [6.07, 6.45) is 4.56. The van der Waals surface area contributed by atoms with Crippen LogP contribution in [0.25, 0.3) is 0 Å². The molecule has 104 valence electrons. The summed E-state index contributed by atoms with van der Waals surface area (Å²) in [5.74, 6) is 0.171. The minimum absolute atomic E-state index is 0.171. The lowest BCUT2D eigenvalue weighted by atomic mass is 10.0. The maximum atomic E-state index is 12.4. The van der Waals surface area contributed by atoms with Gasteiger partial charge in [-0.2, -0.15) is 0 Å². The van der Waals surface area contributed by atoms with Crippen LogP contribution in [-0.2, 0) is 6.42 Å². The molecule has 1 aliphatic rings. The number of aryl methyl sites for hydroxylation is 1. The van der Waals surface area contributed by atoms with Gasteiger partial charge in [-0.25, -0.2) is 0 Å². The molecule has 0 spiro atoms. The van der Waals surface area contributed by atoms with Gasteiger partial charge in [-0.3, -0.25) is 4.79 Å². The van der Waals surface area contributed by atoms with Gasteiger partial charge in [0.2, 0.25) is 0 Å². The number of benzene rings is 1. The molecule has 1 heterocycles. The van der Waals surface area contributed by atoms with Crippen LogP contribution < -0.4 is 0 Å². The lowest BCUT2D eigenvalue weighted by molar-refractivity contribution is 0.0756. The van der Waals surface area contributed by atoms with Crippen molar-refractivity contribution in [1.82, 2.24) is 4.90 Å². The van der Waals surface area contributed by atoms with E-state index < -0.39 is 0 Å². The highest BCUT2D eigenvalue weighted by atomic mass is 16.3. The normalized spacial score (nSPS) is 16.9. The third-order valence-electron chi connectivity index (χ3n) is 3.71. The molecule has 0 saturated carbocycles. The Morgan fingerprint density at radius 3 is 2.89 bits per heavy atom. The molecule has 1 N–H and O–H groups in total. The van der Waals surface area contributed by atoms with Gasteiger partial charge in [-0.05, 0) is 50.7 Å².